The first-order valence-electron chi connectivity index (χ1n) is 0. The molecule has 0 N–H and O–H groups in total. The molecule has 0 saturated heterocycles. The van der Waals surface area contributed by atoms with Crippen LogP contribution in [0.2, 0.25) is 0 Å². The van der Waals surface area contributed by atoms with Gasteiger partial charge in [-0.1, -0.05) is 0 Å². The van der Waals surface area contributed by atoms with Crippen LogP contribution >= 0.6 is 0 Å². The quantitative estimate of drug-likeness (QED) is 0.389. The summed E-state index contributed by atoms with van der Waals surface area (Å²) in [7, 11) is 0. The second kappa shape index (κ2) is 129. The standard InChI is InChI=1S/4FH.Pu/h4*1H;/p-4. The van der Waals surface area contributed by atoms with Crippen molar-refractivity contribution in [3.63, 3.8) is 0 Å². The monoisotopic (exact) mass is 314 g/mol. The van der Waals surface area contributed by atoms with Crippen LogP contribution in [0.4, 0.5) is 0 Å². The van der Waals surface area contributed by atoms with E-state index in [2.05, 4.69) is 0 Å². The van der Waals surface area contributed by atoms with Gasteiger partial charge in [0.15, 0.2) is 0 Å². The summed E-state index contributed by atoms with van der Waals surface area (Å²) >= 11 is 0. The first-order chi connectivity index (χ1) is 0. The molecular weight excluding hydrogens is 320 g/mol. The Balaban J connectivity index is 0. The maximum atomic E-state index is 0. The minimum Gasteiger partial charge on any atom is -1.00 e. The molecule has 0 saturated carbocycles. The molecular formula is F4Pu-4. The van der Waals surface area contributed by atoms with Crippen molar-refractivity contribution < 1.29 is 48.0 Å². The van der Waals surface area contributed by atoms with E-state index in [-0.39, 0.29) is 48.0 Å². The minimum absolute atomic E-state index is 0. The molecule has 0 aromatic heterocycles. The second-order valence-electron chi connectivity index (χ2n) is 0. The van der Waals surface area contributed by atoms with Gasteiger partial charge >= 0.3 is 0 Å². The molecule has 0 atom stereocenters. The maximum absolute atomic E-state index is 0. The first kappa shape index (κ1) is 253. The van der Waals surface area contributed by atoms with E-state index in [0.29, 0.717) is 0 Å². The van der Waals surface area contributed by atoms with E-state index in [1.54, 1.807) is 0 Å². The third-order valence-corrected chi connectivity index (χ3v) is 0. The predicted octanol–water partition coefficient (Wildman–Crippen LogP) is -12.0. The number of hydrogen-bond donors (Lipinski definition) is 0. The van der Waals surface area contributed by atoms with Gasteiger partial charge in [-0.25, -0.2) is 0 Å². The average Bonchev–Trinajstić information content (AvgIpc) is 0. The Hall–Kier alpha value is 0.707. The fourth-order valence-corrected chi connectivity index (χ4v) is 0. The molecule has 0 aliphatic carbocycles. The van der Waals surface area contributed by atoms with Crippen LogP contribution < -0.4 is 18.8 Å². The van der Waals surface area contributed by atoms with Crippen LogP contribution in [-0.2, 0) is 0 Å². The molecule has 5 heavy (non-hydrogen) atoms. The maximum Gasteiger partial charge on any atom is 0 e. The Kier molecular flexibility index (Phi) is 6550. The number of halogens is 4. The first-order valence-corrected chi connectivity index (χ1v) is 0. The van der Waals surface area contributed by atoms with E-state index in [9.17, 15) is 0 Å². The van der Waals surface area contributed by atoms with Gasteiger partial charge < -0.3 is 18.8 Å². The smallest absolute Gasteiger partial charge is 0 e. The van der Waals surface area contributed by atoms with E-state index in [4.69, 9.17) is 0 Å². The van der Waals surface area contributed by atoms with Crippen molar-refractivity contribution >= 4 is 0 Å². The molecule has 0 amide bonds. The molecule has 0 nitrogen and oxygen atoms in total. The van der Waals surface area contributed by atoms with Crippen LogP contribution in [-0.4, -0.2) is 0 Å². The second-order valence-corrected chi connectivity index (χ2v) is 0. The molecule has 0 heterocycles. The molecule has 0 aliphatic heterocycles. The third kappa shape index (κ3) is 69.0. The fourth-order valence-electron chi connectivity index (χ4n) is 0. The van der Waals surface area contributed by atoms with Gasteiger partial charge in [0.25, 0.3) is 0 Å². The Morgan fingerprint density at radius 1 is 0.400 bits per heavy atom. The molecule has 0 unspecified atom stereocenters. The van der Waals surface area contributed by atoms with E-state index in [0.717, 1.165) is 0 Å². The summed E-state index contributed by atoms with van der Waals surface area (Å²) in [4.78, 5) is 0. The summed E-state index contributed by atoms with van der Waals surface area (Å²) in [6, 6.07) is 0. The van der Waals surface area contributed by atoms with Crippen molar-refractivity contribution in [1.29, 1.82) is 0 Å². The van der Waals surface area contributed by atoms with Gasteiger partial charge in [0.2, 0.25) is 0 Å². The molecule has 38 valence electrons. The summed E-state index contributed by atoms with van der Waals surface area (Å²) in [5.41, 5.74) is 0. The van der Waals surface area contributed by atoms with Gasteiger partial charge in [0.1, 0.15) is 0 Å². The fraction of sp³-hybridized carbons (Fsp3) is 0. The number of rotatable bonds is 0. The number of hydrogen-bond acceptors (Lipinski definition) is 0. The zero-order chi connectivity index (χ0) is 0. The molecule has 0 aliphatic rings. The van der Waals surface area contributed by atoms with Crippen molar-refractivity contribution in [2.75, 3.05) is 0 Å². The molecule has 0 spiro atoms. The van der Waals surface area contributed by atoms with Gasteiger partial charge in [-0.15, -0.1) is 0 Å². The van der Waals surface area contributed by atoms with Gasteiger partial charge in [0.05, 0.1) is 0 Å². The molecule has 0 radical (unpaired) electrons. The zero-order valence-corrected chi connectivity index (χ0v) is 5.32. The molecule has 0 bridgehead atoms. The summed E-state index contributed by atoms with van der Waals surface area (Å²) in [5, 5.41) is 0. The molecule has 0 fully saturated rings. The predicted molar refractivity (Wildman–Crippen MR) is 0 cm³/mol. The van der Waals surface area contributed by atoms with E-state index in [1.165, 1.54) is 0 Å². The van der Waals surface area contributed by atoms with E-state index < -0.39 is 0 Å². The molecule has 0 aromatic rings. The Morgan fingerprint density at radius 3 is 0.400 bits per heavy atom. The van der Waals surface area contributed by atoms with Crippen molar-refractivity contribution in [3.8, 4) is 0 Å². The van der Waals surface area contributed by atoms with Crippen LogP contribution in [0.1, 0.15) is 0 Å². The average molecular weight is 320 g/mol. The zero-order valence-electron chi connectivity index (χ0n) is 1.92. The third-order valence-electron chi connectivity index (χ3n) is 0. The van der Waals surface area contributed by atoms with Crippen molar-refractivity contribution in [2.45, 2.75) is 0 Å². The van der Waals surface area contributed by atoms with Crippen molar-refractivity contribution in [2.24, 2.45) is 0 Å². The molecule has 0 rings (SSSR count). The van der Waals surface area contributed by atoms with Crippen molar-refractivity contribution in [1.82, 2.24) is 0 Å². The van der Waals surface area contributed by atoms with Crippen LogP contribution in [0.5, 0.6) is 0 Å². The normalized spacial score (nSPS) is 0. The van der Waals surface area contributed by atoms with Gasteiger partial charge in [0, 0.05) is 29.2 Å². The van der Waals surface area contributed by atoms with E-state index >= 15 is 0 Å². The Morgan fingerprint density at radius 2 is 0.400 bits per heavy atom. The largest absolute Gasteiger partial charge is 1.00 e. The van der Waals surface area contributed by atoms with Crippen LogP contribution in [0.25, 0.3) is 0 Å². The minimum atomic E-state index is 0. The van der Waals surface area contributed by atoms with Crippen LogP contribution in [0, 0.1) is 29.2 Å². The van der Waals surface area contributed by atoms with E-state index in [1.807, 2.05) is 0 Å². The van der Waals surface area contributed by atoms with Crippen LogP contribution in [0.15, 0.2) is 0 Å². The van der Waals surface area contributed by atoms with Crippen LogP contribution in [0.3, 0.4) is 0 Å². The van der Waals surface area contributed by atoms with Crippen molar-refractivity contribution in [3.05, 3.63) is 0 Å². The summed E-state index contributed by atoms with van der Waals surface area (Å²) < 4.78 is 0. The molecule has 5 heteroatoms. The summed E-state index contributed by atoms with van der Waals surface area (Å²) in [6.45, 7) is 0. The Labute approximate surface area is 48.3 Å². The summed E-state index contributed by atoms with van der Waals surface area (Å²) in [5.74, 6) is 0. The van der Waals surface area contributed by atoms with Gasteiger partial charge in [-0.3, -0.25) is 0 Å². The Bertz CT molecular complexity index is 3.61. The summed E-state index contributed by atoms with van der Waals surface area (Å²) in [6.07, 6.45) is 0. The SMILES string of the molecule is [F-].[F-].[F-].[F-].[Pu]. The molecule has 0 aromatic carbocycles. The van der Waals surface area contributed by atoms with Gasteiger partial charge in [-0.05, 0) is 0 Å². The topological polar surface area (TPSA) is 0 Å². The van der Waals surface area contributed by atoms with Gasteiger partial charge in [-0.2, -0.15) is 0 Å².